The molecule has 1 amide bonds. The van der Waals surface area contributed by atoms with Crippen molar-refractivity contribution < 1.29 is 9.21 Å². The molecule has 0 aromatic carbocycles. The Balaban J connectivity index is 2.10. The second-order valence-electron chi connectivity index (χ2n) is 3.53. The van der Waals surface area contributed by atoms with E-state index in [0.29, 0.717) is 5.76 Å². The van der Waals surface area contributed by atoms with Crippen molar-refractivity contribution in [2.75, 3.05) is 19.6 Å². The van der Waals surface area contributed by atoms with Crippen LogP contribution in [0.2, 0.25) is 0 Å². The molecule has 0 unspecified atom stereocenters. The maximum Gasteiger partial charge on any atom is 0.289 e. The summed E-state index contributed by atoms with van der Waals surface area (Å²) in [5.41, 5.74) is 0. The number of rotatable bonds is 1. The van der Waals surface area contributed by atoms with Gasteiger partial charge in [0.25, 0.3) is 5.91 Å². The molecule has 1 fully saturated rings. The number of carbonyl (C=O) groups excluding carboxylic acids is 1. The molecule has 4 heteroatoms. The molecule has 2 rings (SSSR count). The maximum absolute atomic E-state index is 11.9. The average Bonchev–Trinajstić information content (AvgIpc) is 2.70. The molecule has 1 saturated heterocycles. The number of amides is 1. The average molecular weight is 194 g/mol. The van der Waals surface area contributed by atoms with Crippen molar-refractivity contribution in [3.63, 3.8) is 0 Å². The minimum Gasteiger partial charge on any atom is -0.459 e. The van der Waals surface area contributed by atoms with E-state index in [0.717, 1.165) is 19.6 Å². The van der Waals surface area contributed by atoms with Crippen molar-refractivity contribution in [3.05, 3.63) is 24.2 Å². The van der Waals surface area contributed by atoms with Gasteiger partial charge in [-0.2, -0.15) is 0 Å². The third-order valence-corrected chi connectivity index (χ3v) is 2.49. The van der Waals surface area contributed by atoms with Crippen molar-refractivity contribution >= 4 is 5.91 Å². The molecule has 0 radical (unpaired) electrons. The molecular weight excluding hydrogens is 180 g/mol. The summed E-state index contributed by atoms with van der Waals surface area (Å²) in [5, 5.41) is 3.24. The van der Waals surface area contributed by atoms with Gasteiger partial charge >= 0.3 is 0 Å². The predicted octanol–water partition coefficient (Wildman–Crippen LogP) is 0.713. The van der Waals surface area contributed by atoms with Crippen molar-refractivity contribution in [2.45, 2.75) is 13.0 Å². The summed E-state index contributed by atoms with van der Waals surface area (Å²) in [4.78, 5) is 13.7. The topological polar surface area (TPSA) is 45.5 Å². The molecule has 0 aliphatic carbocycles. The van der Waals surface area contributed by atoms with E-state index < -0.39 is 0 Å². The van der Waals surface area contributed by atoms with Gasteiger partial charge in [0.2, 0.25) is 0 Å². The first-order chi connectivity index (χ1) is 6.79. The van der Waals surface area contributed by atoms with E-state index in [1.165, 1.54) is 6.26 Å². The fourth-order valence-corrected chi connectivity index (χ4v) is 1.68. The molecule has 1 aromatic rings. The van der Waals surface area contributed by atoms with E-state index >= 15 is 0 Å². The largest absolute Gasteiger partial charge is 0.459 e. The van der Waals surface area contributed by atoms with Crippen LogP contribution in [0.5, 0.6) is 0 Å². The van der Waals surface area contributed by atoms with Crippen molar-refractivity contribution in [3.8, 4) is 0 Å². The van der Waals surface area contributed by atoms with Crippen molar-refractivity contribution in [2.24, 2.45) is 0 Å². The molecule has 1 aliphatic rings. The maximum atomic E-state index is 11.9. The lowest BCUT2D eigenvalue weighted by Crippen LogP contribution is -2.52. The highest BCUT2D eigenvalue weighted by molar-refractivity contribution is 5.91. The van der Waals surface area contributed by atoms with Crippen LogP contribution in [0, 0.1) is 0 Å². The molecule has 4 nitrogen and oxygen atoms in total. The number of hydrogen-bond acceptors (Lipinski definition) is 3. The fraction of sp³-hybridized carbons (Fsp3) is 0.500. The molecule has 1 N–H and O–H groups in total. The van der Waals surface area contributed by atoms with E-state index in [1.807, 2.05) is 11.8 Å². The Morgan fingerprint density at radius 2 is 2.57 bits per heavy atom. The van der Waals surface area contributed by atoms with Gasteiger partial charge in [0.15, 0.2) is 5.76 Å². The lowest BCUT2D eigenvalue weighted by atomic mass is 10.2. The predicted molar refractivity (Wildman–Crippen MR) is 52.1 cm³/mol. The first-order valence-corrected chi connectivity index (χ1v) is 4.84. The normalized spacial score (nSPS) is 22.4. The third kappa shape index (κ3) is 1.65. The minimum absolute atomic E-state index is 0.0102. The van der Waals surface area contributed by atoms with Gasteiger partial charge in [-0.1, -0.05) is 0 Å². The Hall–Kier alpha value is -1.29. The van der Waals surface area contributed by atoms with Gasteiger partial charge in [0.05, 0.1) is 6.26 Å². The number of nitrogens with one attached hydrogen (secondary N) is 1. The summed E-state index contributed by atoms with van der Waals surface area (Å²) in [5.74, 6) is 0.419. The summed E-state index contributed by atoms with van der Waals surface area (Å²) >= 11 is 0. The van der Waals surface area contributed by atoms with Gasteiger partial charge in [-0.3, -0.25) is 4.79 Å². The fourth-order valence-electron chi connectivity index (χ4n) is 1.68. The molecular formula is C10H14N2O2. The van der Waals surface area contributed by atoms with E-state index in [2.05, 4.69) is 5.32 Å². The second kappa shape index (κ2) is 3.84. The van der Waals surface area contributed by atoms with Gasteiger partial charge < -0.3 is 14.6 Å². The molecule has 76 valence electrons. The summed E-state index contributed by atoms with van der Waals surface area (Å²) in [6.45, 7) is 4.50. The van der Waals surface area contributed by atoms with Gasteiger partial charge in [-0.05, 0) is 19.1 Å². The van der Waals surface area contributed by atoms with Crippen molar-refractivity contribution in [1.82, 2.24) is 10.2 Å². The van der Waals surface area contributed by atoms with Gasteiger partial charge in [0.1, 0.15) is 0 Å². The van der Waals surface area contributed by atoms with Gasteiger partial charge in [-0.25, -0.2) is 0 Å². The molecule has 1 aromatic heterocycles. The lowest BCUT2D eigenvalue weighted by Gasteiger charge is -2.33. The number of furan rings is 1. The highest BCUT2D eigenvalue weighted by Crippen LogP contribution is 2.10. The van der Waals surface area contributed by atoms with Crippen LogP contribution in [-0.2, 0) is 0 Å². The quantitative estimate of drug-likeness (QED) is 0.716. The third-order valence-electron chi connectivity index (χ3n) is 2.49. The summed E-state index contributed by atoms with van der Waals surface area (Å²) in [6.07, 6.45) is 1.53. The van der Waals surface area contributed by atoms with Crippen LogP contribution in [-0.4, -0.2) is 36.5 Å². The highest BCUT2D eigenvalue weighted by Gasteiger charge is 2.25. The Morgan fingerprint density at radius 3 is 3.21 bits per heavy atom. The first kappa shape index (κ1) is 9.27. The van der Waals surface area contributed by atoms with Crippen LogP contribution in [0.15, 0.2) is 22.8 Å². The zero-order chi connectivity index (χ0) is 9.97. The molecule has 1 atom stereocenters. The Bertz CT molecular complexity index is 308. The second-order valence-corrected chi connectivity index (χ2v) is 3.53. The Labute approximate surface area is 82.9 Å². The van der Waals surface area contributed by atoms with Crippen LogP contribution < -0.4 is 5.32 Å². The number of nitrogens with zero attached hydrogens (tertiary/aromatic N) is 1. The molecule has 0 bridgehead atoms. The summed E-state index contributed by atoms with van der Waals surface area (Å²) in [7, 11) is 0. The standard InChI is InChI=1S/C10H14N2O2/c1-8-7-11-4-5-12(8)10(13)9-3-2-6-14-9/h2-3,6,8,11H,4-5,7H2,1H3/t8-/m0/s1. The van der Waals surface area contributed by atoms with Crippen LogP contribution in [0.1, 0.15) is 17.5 Å². The van der Waals surface area contributed by atoms with Crippen molar-refractivity contribution in [1.29, 1.82) is 0 Å². The molecule has 1 aliphatic heterocycles. The Morgan fingerprint density at radius 1 is 1.71 bits per heavy atom. The molecule has 0 spiro atoms. The minimum atomic E-state index is -0.0102. The van der Waals surface area contributed by atoms with E-state index in [1.54, 1.807) is 12.1 Å². The van der Waals surface area contributed by atoms with E-state index in [9.17, 15) is 4.79 Å². The number of hydrogen-bond donors (Lipinski definition) is 1. The molecule has 0 saturated carbocycles. The zero-order valence-electron chi connectivity index (χ0n) is 8.19. The number of carbonyl (C=O) groups is 1. The lowest BCUT2D eigenvalue weighted by molar-refractivity contribution is 0.0623. The molecule has 2 heterocycles. The van der Waals surface area contributed by atoms with Crippen LogP contribution in [0.25, 0.3) is 0 Å². The van der Waals surface area contributed by atoms with Crippen LogP contribution in [0.4, 0.5) is 0 Å². The monoisotopic (exact) mass is 194 g/mol. The summed E-state index contributed by atoms with van der Waals surface area (Å²) < 4.78 is 5.09. The Kier molecular flexibility index (Phi) is 2.54. The van der Waals surface area contributed by atoms with E-state index in [-0.39, 0.29) is 11.9 Å². The SMILES string of the molecule is C[C@H]1CNCCN1C(=O)c1ccco1. The van der Waals surface area contributed by atoms with Crippen LogP contribution in [0.3, 0.4) is 0 Å². The van der Waals surface area contributed by atoms with Gasteiger partial charge in [0, 0.05) is 25.7 Å². The summed E-state index contributed by atoms with van der Waals surface area (Å²) in [6, 6.07) is 3.68. The smallest absolute Gasteiger partial charge is 0.289 e. The van der Waals surface area contributed by atoms with Gasteiger partial charge in [-0.15, -0.1) is 0 Å². The van der Waals surface area contributed by atoms with E-state index in [4.69, 9.17) is 4.42 Å². The highest BCUT2D eigenvalue weighted by atomic mass is 16.3. The number of piperazine rings is 1. The first-order valence-electron chi connectivity index (χ1n) is 4.84. The zero-order valence-corrected chi connectivity index (χ0v) is 8.19. The molecule has 14 heavy (non-hydrogen) atoms. The van der Waals surface area contributed by atoms with Crippen LogP contribution >= 0.6 is 0 Å².